The van der Waals surface area contributed by atoms with E-state index >= 15 is 0 Å². The Morgan fingerprint density at radius 2 is 1.92 bits per heavy atom. The number of hydrogen-bond donors (Lipinski definition) is 1. The summed E-state index contributed by atoms with van der Waals surface area (Å²) in [7, 11) is 0. The number of alkyl halides is 3. The molecule has 1 aromatic carbocycles. The number of aryl methyl sites for hydroxylation is 1. The van der Waals surface area contributed by atoms with Crippen LogP contribution in [0.5, 0.6) is 0 Å². The number of ether oxygens (including phenoxy) is 1. The molecule has 10 heteroatoms. The number of carbonyl (C=O) groups is 2. The Bertz CT molecular complexity index is 1410. The summed E-state index contributed by atoms with van der Waals surface area (Å²) in [6.45, 7) is 6.80. The van der Waals surface area contributed by atoms with Crippen LogP contribution in [-0.2, 0) is 15.7 Å². The average Bonchev–Trinajstić information content (AvgIpc) is 2.89. The number of rotatable bonds is 4. The number of benzene rings is 1. The van der Waals surface area contributed by atoms with Gasteiger partial charge in [0.05, 0.1) is 12.5 Å². The minimum atomic E-state index is -4.65. The van der Waals surface area contributed by atoms with Crippen LogP contribution in [0.4, 0.5) is 24.7 Å². The number of nitrogens with one attached hydrogen (secondary N) is 1. The zero-order chi connectivity index (χ0) is 27.2. The Hall–Kier alpha value is -3.79. The summed E-state index contributed by atoms with van der Waals surface area (Å²) < 4.78 is 44.7. The molecule has 2 atom stereocenters. The van der Waals surface area contributed by atoms with Crippen molar-refractivity contribution in [3.63, 3.8) is 0 Å². The number of fused-ring (bicyclic) bond motifs is 3. The molecule has 0 bridgehead atoms. The molecular weight excluding hydrogens is 497 g/mol. The van der Waals surface area contributed by atoms with Crippen LogP contribution >= 0.6 is 0 Å². The van der Waals surface area contributed by atoms with Crippen LogP contribution in [0.2, 0.25) is 0 Å². The van der Waals surface area contributed by atoms with Crippen molar-refractivity contribution in [2.24, 2.45) is 5.92 Å². The number of halogens is 3. The van der Waals surface area contributed by atoms with Crippen LogP contribution in [0.15, 0.2) is 48.8 Å². The van der Waals surface area contributed by atoms with Crippen LogP contribution in [0, 0.1) is 12.8 Å². The molecule has 0 radical (unpaired) electrons. The molecule has 5 rings (SSSR count). The Balaban J connectivity index is 1.48. The van der Waals surface area contributed by atoms with Crippen LogP contribution in [0.3, 0.4) is 0 Å². The van der Waals surface area contributed by atoms with Crippen molar-refractivity contribution in [3.8, 4) is 11.1 Å². The van der Waals surface area contributed by atoms with Gasteiger partial charge in [-0.1, -0.05) is 6.07 Å². The second kappa shape index (κ2) is 9.83. The molecule has 198 valence electrons. The van der Waals surface area contributed by atoms with Crippen molar-refractivity contribution in [2.45, 2.75) is 45.3 Å². The molecule has 0 unspecified atom stereocenters. The Kier molecular flexibility index (Phi) is 6.68. The minimum Gasteiger partial charge on any atom is -0.381 e. The highest BCUT2D eigenvalue weighted by molar-refractivity contribution is 6.04. The van der Waals surface area contributed by atoms with E-state index in [9.17, 15) is 22.8 Å². The summed E-state index contributed by atoms with van der Waals surface area (Å²) in [5.74, 6) is -0.233. The number of aromatic nitrogens is 2. The number of nitrogens with zero attached hydrogens (tertiary/aromatic N) is 3. The third-order valence-corrected chi connectivity index (χ3v) is 7.07. The lowest BCUT2D eigenvalue weighted by Gasteiger charge is -2.42. The topological polar surface area (TPSA) is 84.4 Å². The number of hydrogen-bond acceptors (Lipinski definition) is 5. The summed E-state index contributed by atoms with van der Waals surface area (Å²) in [6, 6.07) is 9.26. The van der Waals surface area contributed by atoms with E-state index in [0.717, 1.165) is 40.9 Å². The molecule has 1 N–H and O–H groups in total. The Labute approximate surface area is 218 Å². The van der Waals surface area contributed by atoms with Gasteiger partial charge in [0.25, 0.3) is 5.91 Å². The van der Waals surface area contributed by atoms with Crippen LogP contribution in [0.25, 0.3) is 11.1 Å². The van der Waals surface area contributed by atoms with Gasteiger partial charge < -0.3 is 10.1 Å². The molecule has 0 spiro atoms. The van der Waals surface area contributed by atoms with Gasteiger partial charge in [-0.15, -0.1) is 0 Å². The van der Waals surface area contributed by atoms with Gasteiger partial charge in [-0.3, -0.25) is 19.5 Å². The maximum Gasteiger partial charge on any atom is 0.433 e. The first-order valence-electron chi connectivity index (χ1n) is 12.4. The first-order valence-corrected chi connectivity index (χ1v) is 12.4. The third kappa shape index (κ3) is 4.76. The molecule has 2 aliphatic rings. The zero-order valence-electron chi connectivity index (χ0n) is 21.2. The standard InChI is InChI=1S/C28H27F3N4O3/c1-15(2)35-25-22(20-7-9-38-14-23(20)27(35)37)10-18(13-33-25)21-12-19(5-4-16(21)3)34-26(36)17-6-8-32-24(11-17)28(29,30)31/h4-6,8,10-13,15,20,23H,7,9,14H2,1-3H3,(H,34,36)/t20-,23+/m0/s1. The van der Waals surface area contributed by atoms with Crippen LogP contribution < -0.4 is 10.2 Å². The quantitative estimate of drug-likeness (QED) is 0.481. The molecule has 2 amide bonds. The number of pyridine rings is 2. The number of amides is 2. The van der Waals surface area contributed by atoms with E-state index in [0.29, 0.717) is 24.7 Å². The molecule has 2 aliphatic heterocycles. The summed E-state index contributed by atoms with van der Waals surface area (Å²) in [5, 5.41) is 2.69. The fourth-order valence-corrected chi connectivity index (χ4v) is 5.17. The van der Waals surface area contributed by atoms with Crippen molar-refractivity contribution < 1.29 is 27.5 Å². The lowest BCUT2D eigenvalue weighted by molar-refractivity contribution is -0.141. The molecule has 7 nitrogen and oxygen atoms in total. The zero-order valence-corrected chi connectivity index (χ0v) is 21.2. The molecule has 4 heterocycles. The normalized spacial score (nSPS) is 19.2. The van der Waals surface area contributed by atoms with E-state index in [2.05, 4.69) is 16.4 Å². The van der Waals surface area contributed by atoms with Crippen molar-refractivity contribution in [2.75, 3.05) is 23.4 Å². The maximum atomic E-state index is 13.2. The summed E-state index contributed by atoms with van der Waals surface area (Å²) in [5.41, 5.74) is 2.73. The van der Waals surface area contributed by atoms with Gasteiger partial charge in [-0.25, -0.2) is 4.98 Å². The molecule has 3 aromatic rings. The Morgan fingerprint density at radius 3 is 2.66 bits per heavy atom. The molecule has 38 heavy (non-hydrogen) atoms. The summed E-state index contributed by atoms with van der Waals surface area (Å²) >= 11 is 0. The van der Waals surface area contributed by atoms with E-state index in [4.69, 9.17) is 9.72 Å². The van der Waals surface area contributed by atoms with Crippen molar-refractivity contribution >= 4 is 23.3 Å². The second-order valence-corrected chi connectivity index (χ2v) is 9.93. The fraction of sp³-hybridized carbons (Fsp3) is 0.357. The van der Waals surface area contributed by atoms with Gasteiger partial charge in [0.15, 0.2) is 0 Å². The van der Waals surface area contributed by atoms with Gasteiger partial charge in [-0.05, 0) is 74.2 Å². The maximum absolute atomic E-state index is 13.2. The summed E-state index contributed by atoms with van der Waals surface area (Å²) in [4.78, 5) is 35.7. The molecule has 1 fully saturated rings. The van der Waals surface area contributed by atoms with Crippen molar-refractivity contribution in [1.82, 2.24) is 9.97 Å². The summed E-state index contributed by atoms with van der Waals surface area (Å²) in [6.07, 6.45) is -1.24. The van der Waals surface area contributed by atoms with Crippen molar-refractivity contribution in [1.29, 1.82) is 0 Å². The van der Waals surface area contributed by atoms with Gasteiger partial charge in [0, 0.05) is 47.8 Å². The van der Waals surface area contributed by atoms with Crippen LogP contribution in [0.1, 0.15) is 53.4 Å². The van der Waals surface area contributed by atoms with Crippen LogP contribution in [-0.4, -0.2) is 41.0 Å². The first-order chi connectivity index (χ1) is 18.0. The molecule has 0 aliphatic carbocycles. The SMILES string of the molecule is Cc1ccc(NC(=O)c2ccnc(C(F)(F)F)c2)cc1-c1cnc2c(c1)[C@@H]1CCOC[C@H]1C(=O)N2C(C)C. The van der Waals surface area contributed by atoms with Gasteiger partial charge >= 0.3 is 6.18 Å². The predicted molar refractivity (Wildman–Crippen MR) is 136 cm³/mol. The number of anilines is 2. The minimum absolute atomic E-state index is 0.00594. The molecule has 2 aromatic heterocycles. The second-order valence-electron chi connectivity index (χ2n) is 9.93. The Morgan fingerprint density at radius 1 is 1.13 bits per heavy atom. The predicted octanol–water partition coefficient (Wildman–Crippen LogP) is 5.60. The lowest BCUT2D eigenvalue weighted by atomic mass is 9.78. The number of carbonyl (C=O) groups excluding carboxylic acids is 2. The van der Waals surface area contributed by atoms with E-state index < -0.39 is 17.8 Å². The largest absolute Gasteiger partial charge is 0.433 e. The van der Waals surface area contributed by atoms with Gasteiger partial charge in [0.1, 0.15) is 11.5 Å². The fourth-order valence-electron chi connectivity index (χ4n) is 5.17. The van der Waals surface area contributed by atoms with E-state index in [1.54, 1.807) is 23.2 Å². The van der Waals surface area contributed by atoms with Gasteiger partial charge in [0.2, 0.25) is 5.91 Å². The molecule has 0 saturated carbocycles. The average molecular weight is 525 g/mol. The lowest BCUT2D eigenvalue weighted by Crippen LogP contribution is -2.50. The third-order valence-electron chi connectivity index (χ3n) is 7.07. The smallest absolute Gasteiger partial charge is 0.381 e. The van der Waals surface area contributed by atoms with Gasteiger partial charge in [-0.2, -0.15) is 13.2 Å². The first kappa shape index (κ1) is 25.8. The van der Waals surface area contributed by atoms with E-state index in [-0.39, 0.29) is 29.3 Å². The van der Waals surface area contributed by atoms with E-state index in [1.165, 1.54) is 6.07 Å². The van der Waals surface area contributed by atoms with Crippen molar-refractivity contribution in [3.05, 3.63) is 71.2 Å². The molecular formula is C28H27F3N4O3. The van der Waals surface area contributed by atoms with E-state index in [1.807, 2.05) is 26.8 Å². The highest BCUT2D eigenvalue weighted by atomic mass is 19.4. The highest BCUT2D eigenvalue weighted by Gasteiger charge is 2.43. The monoisotopic (exact) mass is 524 g/mol. The highest BCUT2D eigenvalue weighted by Crippen LogP contribution is 2.44. The molecule has 1 saturated heterocycles.